The number of amides is 1. The van der Waals surface area contributed by atoms with Gasteiger partial charge in [0.05, 0.1) is 5.69 Å². The lowest BCUT2D eigenvalue weighted by atomic mass is 10.2. The summed E-state index contributed by atoms with van der Waals surface area (Å²) in [7, 11) is 0. The van der Waals surface area contributed by atoms with Crippen molar-refractivity contribution in [3.8, 4) is 11.8 Å². The van der Waals surface area contributed by atoms with Crippen LogP contribution < -0.4 is 5.32 Å². The highest BCUT2D eigenvalue weighted by atomic mass is 127. The molecular weight excluding hydrogens is 337 g/mol. The number of para-hydroxylation sites is 1. The van der Waals surface area contributed by atoms with E-state index in [2.05, 4.69) is 39.7 Å². The molecule has 0 spiro atoms. The van der Waals surface area contributed by atoms with Crippen molar-refractivity contribution in [2.24, 2.45) is 0 Å². The molecule has 0 atom stereocenters. The Hall–Kier alpha value is -1.80. The summed E-state index contributed by atoms with van der Waals surface area (Å²) in [5, 5.41) is 2.76. The highest BCUT2D eigenvalue weighted by Gasteiger charge is 2.00. The second-order valence-electron chi connectivity index (χ2n) is 3.55. The van der Waals surface area contributed by atoms with Crippen LogP contribution in [-0.2, 0) is 4.79 Å². The maximum atomic E-state index is 11.6. The molecule has 0 saturated heterocycles. The third-order valence-electron chi connectivity index (χ3n) is 2.22. The molecule has 0 saturated carbocycles. The Bertz CT molecular complexity index is 611. The molecule has 1 N–H and O–H groups in total. The quantitative estimate of drug-likeness (QED) is 0.623. The molecule has 2 rings (SSSR count). The minimum atomic E-state index is -0.303. The van der Waals surface area contributed by atoms with Crippen molar-refractivity contribution < 1.29 is 4.79 Å². The van der Waals surface area contributed by atoms with Crippen LogP contribution in [0.3, 0.4) is 0 Å². The largest absolute Gasteiger partial charge is 0.314 e. The Labute approximate surface area is 120 Å². The molecule has 1 amide bonds. The summed E-state index contributed by atoms with van der Waals surface area (Å²) in [5.74, 6) is 5.09. The molecular formula is C15H10INO. The number of carbonyl (C=O) groups is 1. The maximum Gasteiger partial charge on any atom is 0.300 e. The van der Waals surface area contributed by atoms with E-state index < -0.39 is 0 Å². The minimum Gasteiger partial charge on any atom is -0.314 e. The fraction of sp³-hybridized carbons (Fsp3) is 0. The number of anilines is 1. The zero-order valence-electron chi connectivity index (χ0n) is 9.48. The molecule has 0 heterocycles. The molecule has 0 radical (unpaired) electrons. The van der Waals surface area contributed by atoms with Crippen molar-refractivity contribution >= 4 is 34.2 Å². The van der Waals surface area contributed by atoms with E-state index in [1.165, 1.54) is 0 Å². The van der Waals surface area contributed by atoms with Crippen molar-refractivity contribution in [3.63, 3.8) is 0 Å². The van der Waals surface area contributed by atoms with Gasteiger partial charge in [0.1, 0.15) is 0 Å². The zero-order valence-corrected chi connectivity index (χ0v) is 11.6. The number of hydrogen-bond donors (Lipinski definition) is 1. The Morgan fingerprint density at radius 3 is 2.39 bits per heavy atom. The van der Waals surface area contributed by atoms with Gasteiger partial charge in [-0.05, 0) is 46.9 Å². The first kappa shape index (κ1) is 12.7. The fourth-order valence-electron chi connectivity index (χ4n) is 1.37. The van der Waals surface area contributed by atoms with Crippen LogP contribution >= 0.6 is 22.6 Å². The topological polar surface area (TPSA) is 29.1 Å². The number of rotatable bonds is 1. The second-order valence-corrected chi connectivity index (χ2v) is 4.71. The molecule has 2 aromatic carbocycles. The highest BCUT2D eigenvalue weighted by molar-refractivity contribution is 14.1. The van der Waals surface area contributed by atoms with Gasteiger partial charge < -0.3 is 5.32 Å². The first-order chi connectivity index (χ1) is 8.75. The average Bonchev–Trinajstić information content (AvgIpc) is 2.40. The predicted molar refractivity (Wildman–Crippen MR) is 81.1 cm³/mol. The lowest BCUT2D eigenvalue weighted by Crippen LogP contribution is -2.09. The lowest BCUT2D eigenvalue weighted by Gasteiger charge is -2.02. The van der Waals surface area contributed by atoms with Gasteiger partial charge in [-0.1, -0.05) is 36.3 Å². The van der Waals surface area contributed by atoms with Crippen LogP contribution in [0.15, 0.2) is 54.6 Å². The van der Waals surface area contributed by atoms with E-state index in [1.807, 2.05) is 54.6 Å². The van der Waals surface area contributed by atoms with E-state index in [0.29, 0.717) is 0 Å². The molecule has 88 valence electrons. The molecule has 0 fully saturated rings. The number of hydrogen-bond acceptors (Lipinski definition) is 1. The van der Waals surface area contributed by atoms with E-state index in [1.54, 1.807) is 0 Å². The van der Waals surface area contributed by atoms with Gasteiger partial charge in [0.15, 0.2) is 0 Å². The Morgan fingerprint density at radius 1 is 1.00 bits per heavy atom. The fourth-order valence-corrected chi connectivity index (χ4v) is 1.89. The van der Waals surface area contributed by atoms with Crippen LogP contribution in [0.25, 0.3) is 0 Å². The Balaban J connectivity index is 2.07. The monoisotopic (exact) mass is 347 g/mol. The molecule has 0 aliphatic rings. The van der Waals surface area contributed by atoms with Gasteiger partial charge in [0, 0.05) is 15.1 Å². The second kappa shape index (κ2) is 6.22. The van der Waals surface area contributed by atoms with Crippen molar-refractivity contribution in [2.45, 2.75) is 0 Å². The van der Waals surface area contributed by atoms with Gasteiger partial charge in [0.2, 0.25) is 0 Å². The average molecular weight is 347 g/mol. The number of nitrogens with one attached hydrogen (secondary N) is 1. The molecule has 0 bridgehead atoms. The molecule has 0 unspecified atom stereocenters. The zero-order chi connectivity index (χ0) is 12.8. The normalized spacial score (nSPS) is 9.17. The summed E-state index contributed by atoms with van der Waals surface area (Å²) in [6.07, 6.45) is 0. The summed E-state index contributed by atoms with van der Waals surface area (Å²) in [5.41, 5.74) is 1.61. The van der Waals surface area contributed by atoms with Crippen molar-refractivity contribution in [3.05, 3.63) is 63.7 Å². The molecule has 0 aliphatic carbocycles. The summed E-state index contributed by atoms with van der Waals surface area (Å²) in [4.78, 5) is 11.6. The van der Waals surface area contributed by atoms with Crippen molar-refractivity contribution in [1.29, 1.82) is 0 Å². The van der Waals surface area contributed by atoms with Crippen molar-refractivity contribution in [1.82, 2.24) is 0 Å². The minimum absolute atomic E-state index is 0.303. The van der Waals surface area contributed by atoms with Gasteiger partial charge in [-0.15, -0.1) is 0 Å². The van der Waals surface area contributed by atoms with E-state index in [4.69, 9.17) is 0 Å². The van der Waals surface area contributed by atoms with Crippen LogP contribution in [-0.4, -0.2) is 5.91 Å². The first-order valence-electron chi connectivity index (χ1n) is 5.38. The summed E-state index contributed by atoms with van der Waals surface area (Å²) < 4.78 is 0.991. The number of halogens is 1. The lowest BCUT2D eigenvalue weighted by molar-refractivity contribution is -0.111. The maximum absolute atomic E-state index is 11.6. The molecule has 2 aromatic rings. The van der Waals surface area contributed by atoms with E-state index >= 15 is 0 Å². The van der Waals surface area contributed by atoms with E-state index in [0.717, 1.165) is 14.8 Å². The predicted octanol–water partition coefficient (Wildman–Crippen LogP) is 3.28. The Kier molecular flexibility index (Phi) is 4.37. The first-order valence-corrected chi connectivity index (χ1v) is 6.46. The van der Waals surface area contributed by atoms with Gasteiger partial charge in [-0.2, -0.15) is 0 Å². The van der Waals surface area contributed by atoms with Gasteiger partial charge in [-0.25, -0.2) is 0 Å². The molecule has 0 aliphatic heterocycles. The van der Waals surface area contributed by atoms with E-state index in [-0.39, 0.29) is 5.91 Å². The third-order valence-corrected chi connectivity index (χ3v) is 3.16. The van der Waals surface area contributed by atoms with Gasteiger partial charge in [-0.3, -0.25) is 4.79 Å². The molecule has 2 nitrogen and oxygen atoms in total. The molecule has 3 heteroatoms. The summed E-state index contributed by atoms with van der Waals surface area (Å²) in [6.45, 7) is 0. The van der Waals surface area contributed by atoms with Crippen LogP contribution in [0.5, 0.6) is 0 Å². The van der Waals surface area contributed by atoms with Crippen LogP contribution in [0.1, 0.15) is 5.56 Å². The highest BCUT2D eigenvalue weighted by Crippen LogP contribution is 2.16. The van der Waals surface area contributed by atoms with Crippen LogP contribution in [0.4, 0.5) is 5.69 Å². The SMILES string of the molecule is O=C(C#Cc1ccccc1)Nc1ccccc1I. The van der Waals surface area contributed by atoms with Crippen LogP contribution in [0, 0.1) is 15.4 Å². The third kappa shape index (κ3) is 3.60. The standard InChI is InChI=1S/C15H10INO/c16-13-8-4-5-9-14(13)17-15(18)11-10-12-6-2-1-3-7-12/h1-9H,(H,17,18). The van der Waals surface area contributed by atoms with Crippen LogP contribution in [0.2, 0.25) is 0 Å². The van der Waals surface area contributed by atoms with Gasteiger partial charge in [0.25, 0.3) is 0 Å². The summed E-state index contributed by atoms with van der Waals surface area (Å²) in [6, 6.07) is 17.0. The molecule has 18 heavy (non-hydrogen) atoms. The smallest absolute Gasteiger partial charge is 0.300 e. The van der Waals surface area contributed by atoms with Gasteiger partial charge >= 0.3 is 5.91 Å². The summed E-state index contributed by atoms with van der Waals surface area (Å²) >= 11 is 2.17. The molecule has 0 aromatic heterocycles. The van der Waals surface area contributed by atoms with Crippen molar-refractivity contribution in [2.75, 3.05) is 5.32 Å². The number of carbonyl (C=O) groups excluding carboxylic acids is 1. The van der Waals surface area contributed by atoms with E-state index in [9.17, 15) is 4.79 Å². The Morgan fingerprint density at radius 2 is 1.67 bits per heavy atom. The number of benzene rings is 2.